The van der Waals surface area contributed by atoms with Crippen molar-refractivity contribution in [3.05, 3.63) is 41.9 Å². The minimum atomic E-state index is -0.936. The summed E-state index contributed by atoms with van der Waals surface area (Å²) in [5.41, 5.74) is -0.231. The molecule has 0 aliphatic carbocycles. The van der Waals surface area contributed by atoms with E-state index in [9.17, 15) is 14.0 Å². The van der Waals surface area contributed by atoms with Crippen LogP contribution in [0.4, 0.5) is 4.39 Å². The Kier molecular flexibility index (Phi) is 6.36. The molecule has 2 saturated heterocycles. The summed E-state index contributed by atoms with van der Waals surface area (Å²) in [6.45, 7) is 3.41. The first kappa shape index (κ1) is 21.5. The third kappa shape index (κ3) is 4.49. The number of amides is 1. The number of piperidine rings is 1. The molecule has 1 amide bonds. The molecule has 166 valence electrons. The van der Waals surface area contributed by atoms with Gasteiger partial charge in [0, 0.05) is 37.7 Å². The van der Waals surface area contributed by atoms with Crippen molar-refractivity contribution in [2.45, 2.75) is 45.1 Å². The molecule has 0 unspecified atom stereocenters. The van der Waals surface area contributed by atoms with Crippen molar-refractivity contribution in [3.63, 3.8) is 0 Å². The summed E-state index contributed by atoms with van der Waals surface area (Å²) in [5.74, 6) is -0.370. The van der Waals surface area contributed by atoms with Gasteiger partial charge >= 0.3 is 5.97 Å². The highest BCUT2D eigenvalue weighted by Crippen LogP contribution is 2.37. The molecule has 0 spiro atoms. The number of nitrogens with zero attached hydrogens (tertiary/aromatic N) is 2. The maximum atomic E-state index is 14.1. The fourth-order valence-electron chi connectivity index (χ4n) is 4.49. The normalized spacial score (nSPS) is 23.7. The van der Waals surface area contributed by atoms with E-state index in [0.717, 1.165) is 6.42 Å². The van der Waals surface area contributed by atoms with Crippen LogP contribution in [-0.4, -0.2) is 54.3 Å². The molecule has 2 fully saturated rings. The quantitative estimate of drug-likeness (QED) is 0.654. The van der Waals surface area contributed by atoms with Gasteiger partial charge < -0.3 is 18.9 Å². The van der Waals surface area contributed by atoms with Crippen LogP contribution in [0.25, 0.3) is 11.3 Å². The van der Waals surface area contributed by atoms with Crippen LogP contribution in [-0.2, 0) is 25.5 Å². The van der Waals surface area contributed by atoms with E-state index < -0.39 is 17.3 Å². The Morgan fingerprint density at radius 2 is 2.16 bits per heavy atom. The van der Waals surface area contributed by atoms with Crippen molar-refractivity contribution >= 4 is 11.9 Å². The Bertz CT molecular complexity index is 940. The molecule has 8 heteroatoms. The van der Waals surface area contributed by atoms with Crippen molar-refractivity contribution in [1.82, 2.24) is 10.1 Å². The molecule has 31 heavy (non-hydrogen) atoms. The summed E-state index contributed by atoms with van der Waals surface area (Å²) in [6, 6.07) is 7.97. The smallest absolute Gasteiger partial charge is 0.314 e. The van der Waals surface area contributed by atoms with E-state index in [0.29, 0.717) is 49.4 Å². The van der Waals surface area contributed by atoms with Gasteiger partial charge in [0.15, 0.2) is 0 Å². The monoisotopic (exact) mass is 430 g/mol. The predicted octanol–water partition coefficient (Wildman–Crippen LogP) is 3.37. The van der Waals surface area contributed by atoms with Crippen LogP contribution in [0.2, 0.25) is 0 Å². The average molecular weight is 430 g/mol. The first-order valence-electron chi connectivity index (χ1n) is 10.8. The standard InChI is InChI=1S/C23H27FN2O5/c1-2-29-22(28)23(10-6-11-26(15-23)21(27)20-9-5-12-30-20)14-16-13-19(25-31-16)17-7-3-4-8-18(17)24/h3-4,7-8,13,20H,2,5-6,9-12,14-15H2,1H3/t20-,23-/m0/s1. The lowest BCUT2D eigenvalue weighted by atomic mass is 9.76. The Morgan fingerprint density at radius 3 is 2.90 bits per heavy atom. The Labute approximate surface area is 180 Å². The summed E-state index contributed by atoms with van der Waals surface area (Å²) in [7, 11) is 0. The zero-order chi connectivity index (χ0) is 21.8. The van der Waals surface area contributed by atoms with E-state index in [1.807, 2.05) is 0 Å². The lowest BCUT2D eigenvalue weighted by Gasteiger charge is -2.41. The van der Waals surface area contributed by atoms with Crippen LogP contribution >= 0.6 is 0 Å². The van der Waals surface area contributed by atoms with E-state index in [4.69, 9.17) is 14.0 Å². The zero-order valence-electron chi connectivity index (χ0n) is 17.6. The molecule has 2 aliphatic rings. The summed E-state index contributed by atoms with van der Waals surface area (Å²) in [5, 5.41) is 4.00. The number of carbonyl (C=O) groups is 2. The molecule has 1 aromatic carbocycles. The largest absolute Gasteiger partial charge is 0.466 e. The number of hydrogen-bond acceptors (Lipinski definition) is 6. The highest BCUT2D eigenvalue weighted by atomic mass is 19.1. The van der Waals surface area contributed by atoms with Crippen LogP contribution < -0.4 is 0 Å². The van der Waals surface area contributed by atoms with E-state index in [2.05, 4.69) is 5.16 Å². The molecule has 2 aromatic rings. The SMILES string of the molecule is CCOC(=O)[C@]1(Cc2cc(-c3ccccc3F)no2)CCCN(C(=O)[C@@H]2CCCO2)C1. The molecule has 3 heterocycles. The van der Waals surface area contributed by atoms with Crippen LogP contribution in [0.3, 0.4) is 0 Å². The van der Waals surface area contributed by atoms with Crippen LogP contribution in [0.5, 0.6) is 0 Å². The molecule has 0 bridgehead atoms. The van der Waals surface area contributed by atoms with Gasteiger partial charge in [-0.15, -0.1) is 0 Å². The fraction of sp³-hybridized carbons (Fsp3) is 0.522. The van der Waals surface area contributed by atoms with Gasteiger partial charge in [0.1, 0.15) is 23.4 Å². The number of benzene rings is 1. The maximum Gasteiger partial charge on any atom is 0.314 e. The second-order valence-corrected chi connectivity index (χ2v) is 8.20. The molecule has 2 aliphatic heterocycles. The molecule has 0 N–H and O–H groups in total. The number of carbonyl (C=O) groups excluding carboxylic acids is 2. The molecule has 4 rings (SSSR count). The van der Waals surface area contributed by atoms with Gasteiger partial charge in [0.25, 0.3) is 5.91 Å². The summed E-state index contributed by atoms with van der Waals surface area (Å²) >= 11 is 0. The van der Waals surface area contributed by atoms with Gasteiger partial charge in [-0.25, -0.2) is 4.39 Å². The molecular formula is C23H27FN2O5. The van der Waals surface area contributed by atoms with E-state index in [-0.39, 0.29) is 31.4 Å². The predicted molar refractivity (Wildman–Crippen MR) is 109 cm³/mol. The lowest BCUT2D eigenvalue weighted by Crippen LogP contribution is -2.53. The third-order valence-electron chi connectivity index (χ3n) is 6.02. The van der Waals surface area contributed by atoms with E-state index >= 15 is 0 Å². The highest BCUT2D eigenvalue weighted by molar-refractivity contribution is 5.83. The first-order valence-corrected chi connectivity index (χ1v) is 10.8. The number of halogens is 1. The molecule has 2 atom stereocenters. The molecule has 0 radical (unpaired) electrons. The molecule has 1 aromatic heterocycles. The number of likely N-dealkylation sites (tertiary alicyclic amines) is 1. The number of aromatic nitrogens is 1. The second kappa shape index (κ2) is 9.18. The highest BCUT2D eigenvalue weighted by Gasteiger charge is 2.46. The van der Waals surface area contributed by atoms with Crippen LogP contribution in [0.15, 0.2) is 34.9 Å². The molecule has 7 nitrogen and oxygen atoms in total. The zero-order valence-corrected chi connectivity index (χ0v) is 17.6. The average Bonchev–Trinajstić information content (AvgIpc) is 3.46. The number of ether oxygens (including phenoxy) is 2. The number of esters is 1. The topological polar surface area (TPSA) is 81.9 Å². The summed E-state index contributed by atoms with van der Waals surface area (Å²) in [6.07, 6.45) is 2.60. The van der Waals surface area contributed by atoms with Crippen molar-refractivity contribution in [1.29, 1.82) is 0 Å². The van der Waals surface area contributed by atoms with Crippen LogP contribution in [0.1, 0.15) is 38.4 Å². The van der Waals surface area contributed by atoms with Crippen molar-refractivity contribution in [2.75, 3.05) is 26.3 Å². The number of rotatable bonds is 6. The maximum absolute atomic E-state index is 14.1. The fourth-order valence-corrected chi connectivity index (χ4v) is 4.49. The van der Waals surface area contributed by atoms with Gasteiger partial charge in [-0.3, -0.25) is 9.59 Å². The lowest BCUT2D eigenvalue weighted by molar-refractivity contribution is -0.162. The van der Waals surface area contributed by atoms with Crippen LogP contribution in [0, 0.1) is 11.2 Å². The van der Waals surface area contributed by atoms with E-state index in [1.54, 1.807) is 36.1 Å². The minimum Gasteiger partial charge on any atom is -0.466 e. The minimum absolute atomic E-state index is 0.0736. The second-order valence-electron chi connectivity index (χ2n) is 8.20. The Hall–Kier alpha value is -2.74. The van der Waals surface area contributed by atoms with Crippen molar-refractivity contribution in [2.24, 2.45) is 5.41 Å². The van der Waals surface area contributed by atoms with Gasteiger partial charge in [-0.2, -0.15) is 0 Å². The van der Waals surface area contributed by atoms with Crippen molar-refractivity contribution < 1.29 is 28.0 Å². The molecule has 0 saturated carbocycles. The Morgan fingerprint density at radius 1 is 1.32 bits per heavy atom. The van der Waals surface area contributed by atoms with Gasteiger partial charge in [-0.1, -0.05) is 17.3 Å². The number of hydrogen-bond donors (Lipinski definition) is 0. The van der Waals surface area contributed by atoms with E-state index in [1.165, 1.54) is 6.07 Å². The Balaban J connectivity index is 1.57. The summed E-state index contributed by atoms with van der Waals surface area (Å²) < 4.78 is 30.5. The first-order chi connectivity index (χ1) is 15.0. The van der Waals surface area contributed by atoms with Gasteiger partial charge in [0.05, 0.1) is 12.0 Å². The summed E-state index contributed by atoms with van der Waals surface area (Å²) in [4.78, 5) is 27.7. The molecular weight excluding hydrogens is 403 g/mol. The van der Waals surface area contributed by atoms with Gasteiger partial charge in [-0.05, 0) is 44.7 Å². The van der Waals surface area contributed by atoms with Crippen molar-refractivity contribution in [3.8, 4) is 11.3 Å². The third-order valence-corrected chi connectivity index (χ3v) is 6.02. The van der Waals surface area contributed by atoms with Gasteiger partial charge in [0.2, 0.25) is 0 Å².